The van der Waals surface area contributed by atoms with Gasteiger partial charge >= 0.3 is 0 Å². The van der Waals surface area contributed by atoms with E-state index in [1.54, 1.807) is 6.07 Å². The number of carboxylic acid groups (broad SMARTS) is 1. The Labute approximate surface area is 104 Å². The first-order valence-corrected chi connectivity index (χ1v) is 7.16. The van der Waals surface area contributed by atoms with Crippen LogP contribution < -0.4 is 10.4 Å². The maximum Gasteiger partial charge on any atom is 0.155 e. The molecular weight excluding hydrogens is 258 g/mol. The Bertz CT molecular complexity index is 569. The van der Waals surface area contributed by atoms with E-state index < -0.39 is 28.0 Å². The van der Waals surface area contributed by atoms with Crippen LogP contribution in [0, 0.1) is 0 Å². The van der Waals surface area contributed by atoms with Gasteiger partial charge in [-0.25, -0.2) is 8.42 Å². The molecule has 1 aliphatic heterocycles. The highest BCUT2D eigenvalue weighted by Crippen LogP contribution is 2.18. The van der Waals surface area contributed by atoms with Crippen LogP contribution in [-0.4, -0.2) is 43.1 Å². The van der Waals surface area contributed by atoms with Gasteiger partial charge in [0.1, 0.15) is 0 Å². The molecular formula is C11H12NO5S-. The summed E-state index contributed by atoms with van der Waals surface area (Å²) in [5, 5.41) is 23.1. The Balaban J connectivity index is 2.15. The molecule has 0 bridgehead atoms. The predicted octanol–water partition coefficient (Wildman–Crippen LogP) is -1.38. The third-order valence-electron chi connectivity index (χ3n) is 2.77. The van der Waals surface area contributed by atoms with Gasteiger partial charge in [0.05, 0.1) is 29.6 Å². The molecule has 0 radical (unpaired) electrons. The first-order chi connectivity index (χ1) is 8.37. The van der Waals surface area contributed by atoms with Crippen molar-refractivity contribution in [3.63, 3.8) is 0 Å². The quantitative estimate of drug-likeness (QED) is 0.701. The molecule has 0 aromatic heterocycles. The predicted molar refractivity (Wildman–Crippen MR) is 62.8 cm³/mol. The lowest BCUT2D eigenvalue weighted by Gasteiger charge is -2.17. The first kappa shape index (κ1) is 12.8. The van der Waals surface area contributed by atoms with Gasteiger partial charge in [-0.15, -0.1) is 0 Å². The lowest BCUT2D eigenvalue weighted by molar-refractivity contribution is -0.255. The number of carbonyl (C=O) groups is 1. The molecule has 1 fully saturated rings. The fraction of sp³-hybridized carbons (Fsp3) is 0.364. The summed E-state index contributed by atoms with van der Waals surface area (Å²) in [6.45, 7) is 0. The Morgan fingerprint density at radius 3 is 2.67 bits per heavy atom. The van der Waals surface area contributed by atoms with Crippen molar-refractivity contribution >= 4 is 21.5 Å². The van der Waals surface area contributed by atoms with E-state index in [4.69, 9.17) is 0 Å². The highest BCUT2D eigenvalue weighted by molar-refractivity contribution is 7.91. The SMILES string of the molecule is O=C([O-])c1cccc(N[C@@H]2CS(=O)(=O)C[C@H]2O)c1. The van der Waals surface area contributed by atoms with Crippen molar-refractivity contribution in [2.45, 2.75) is 12.1 Å². The molecule has 2 atom stereocenters. The van der Waals surface area contributed by atoms with Crippen molar-refractivity contribution in [2.75, 3.05) is 16.8 Å². The van der Waals surface area contributed by atoms with Gasteiger partial charge in [-0.1, -0.05) is 12.1 Å². The molecule has 1 heterocycles. The molecule has 1 saturated heterocycles. The molecule has 1 aromatic carbocycles. The van der Waals surface area contributed by atoms with E-state index in [0.717, 1.165) is 0 Å². The Morgan fingerprint density at radius 2 is 2.11 bits per heavy atom. The van der Waals surface area contributed by atoms with Gasteiger partial charge in [0.2, 0.25) is 0 Å². The van der Waals surface area contributed by atoms with Crippen molar-refractivity contribution in [1.82, 2.24) is 0 Å². The fourth-order valence-corrected chi connectivity index (χ4v) is 3.66. The third-order valence-corrected chi connectivity index (χ3v) is 4.49. The van der Waals surface area contributed by atoms with Crippen molar-refractivity contribution in [1.29, 1.82) is 0 Å². The van der Waals surface area contributed by atoms with Crippen LogP contribution in [-0.2, 0) is 9.84 Å². The maximum absolute atomic E-state index is 11.3. The normalized spacial score (nSPS) is 25.8. The zero-order valence-electron chi connectivity index (χ0n) is 9.37. The summed E-state index contributed by atoms with van der Waals surface area (Å²) >= 11 is 0. The van der Waals surface area contributed by atoms with Crippen LogP contribution in [0.25, 0.3) is 0 Å². The van der Waals surface area contributed by atoms with Crippen LogP contribution in [0.5, 0.6) is 0 Å². The number of carbonyl (C=O) groups excluding carboxylic acids is 1. The molecule has 0 spiro atoms. The molecule has 2 N–H and O–H groups in total. The number of sulfone groups is 1. The summed E-state index contributed by atoms with van der Waals surface area (Å²) in [6.07, 6.45) is -0.985. The zero-order chi connectivity index (χ0) is 13.3. The maximum atomic E-state index is 11.3. The van der Waals surface area contributed by atoms with Crippen molar-refractivity contribution < 1.29 is 23.4 Å². The number of rotatable bonds is 3. The lowest BCUT2D eigenvalue weighted by atomic mass is 10.1. The monoisotopic (exact) mass is 270 g/mol. The van der Waals surface area contributed by atoms with Gasteiger partial charge in [-0.3, -0.25) is 0 Å². The standard InChI is InChI=1S/C11H13NO5S/c13-10-6-18(16,17)5-9(10)12-8-3-1-2-7(4-8)11(14)15/h1-4,9-10,12-13H,5-6H2,(H,14,15)/p-1/t9-,10-/m1/s1. The van der Waals surface area contributed by atoms with Crippen LogP contribution >= 0.6 is 0 Å². The van der Waals surface area contributed by atoms with Crippen LogP contribution in [0.15, 0.2) is 24.3 Å². The number of aromatic carboxylic acids is 1. The minimum absolute atomic E-state index is 0.00431. The Kier molecular flexibility index (Phi) is 3.27. The second kappa shape index (κ2) is 4.58. The zero-order valence-corrected chi connectivity index (χ0v) is 10.2. The molecule has 98 valence electrons. The number of carboxylic acids is 1. The molecule has 1 aromatic rings. The summed E-state index contributed by atoms with van der Waals surface area (Å²) in [7, 11) is -3.23. The van der Waals surface area contributed by atoms with Gasteiger partial charge in [-0.05, 0) is 17.7 Å². The Morgan fingerprint density at radius 1 is 1.39 bits per heavy atom. The molecule has 6 nitrogen and oxygen atoms in total. The second-order valence-corrected chi connectivity index (χ2v) is 6.42. The van der Waals surface area contributed by atoms with E-state index in [9.17, 15) is 23.4 Å². The molecule has 0 amide bonds. The number of anilines is 1. The lowest BCUT2D eigenvalue weighted by Crippen LogP contribution is -2.32. The Hall–Kier alpha value is -1.60. The highest BCUT2D eigenvalue weighted by atomic mass is 32.2. The van der Waals surface area contributed by atoms with Gasteiger partial charge < -0.3 is 20.3 Å². The summed E-state index contributed by atoms with van der Waals surface area (Å²) < 4.78 is 22.6. The summed E-state index contributed by atoms with van der Waals surface area (Å²) in [5.41, 5.74) is 0.438. The largest absolute Gasteiger partial charge is 0.545 e. The molecule has 7 heteroatoms. The van der Waals surface area contributed by atoms with E-state index in [-0.39, 0.29) is 17.1 Å². The molecule has 1 aliphatic rings. The van der Waals surface area contributed by atoms with Gasteiger partial charge in [0, 0.05) is 5.69 Å². The summed E-state index contributed by atoms with van der Waals surface area (Å²) in [5.74, 6) is -1.74. The number of hydrogen-bond donors (Lipinski definition) is 2. The molecule has 0 unspecified atom stereocenters. The average molecular weight is 270 g/mol. The third kappa shape index (κ3) is 2.80. The minimum atomic E-state index is -3.23. The average Bonchev–Trinajstić information content (AvgIpc) is 2.52. The van der Waals surface area contributed by atoms with Gasteiger partial charge in [0.25, 0.3) is 0 Å². The molecule has 2 rings (SSSR count). The molecule has 0 aliphatic carbocycles. The summed E-state index contributed by atoms with van der Waals surface area (Å²) in [4.78, 5) is 10.7. The van der Waals surface area contributed by atoms with Gasteiger partial charge in [0.15, 0.2) is 9.84 Å². The second-order valence-electron chi connectivity index (χ2n) is 4.26. The number of hydrogen-bond acceptors (Lipinski definition) is 6. The van der Waals surface area contributed by atoms with E-state index in [1.165, 1.54) is 18.2 Å². The smallest absolute Gasteiger partial charge is 0.155 e. The van der Waals surface area contributed by atoms with E-state index in [0.29, 0.717) is 5.69 Å². The number of nitrogens with one attached hydrogen (secondary N) is 1. The fourth-order valence-electron chi connectivity index (χ4n) is 1.92. The number of benzene rings is 1. The van der Waals surface area contributed by atoms with E-state index >= 15 is 0 Å². The first-order valence-electron chi connectivity index (χ1n) is 5.34. The summed E-state index contributed by atoms with van der Waals surface area (Å²) in [6, 6.07) is 5.22. The van der Waals surface area contributed by atoms with Crippen LogP contribution in [0.2, 0.25) is 0 Å². The van der Waals surface area contributed by atoms with Crippen LogP contribution in [0.1, 0.15) is 10.4 Å². The number of aliphatic hydroxyl groups is 1. The topological polar surface area (TPSA) is 107 Å². The minimum Gasteiger partial charge on any atom is -0.545 e. The van der Waals surface area contributed by atoms with Crippen molar-refractivity contribution in [2.24, 2.45) is 0 Å². The number of aliphatic hydroxyl groups excluding tert-OH is 1. The van der Waals surface area contributed by atoms with Crippen molar-refractivity contribution in [3.8, 4) is 0 Å². The van der Waals surface area contributed by atoms with E-state index in [2.05, 4.69) is 5.32 Å². The molecule has 18 heavy (non-hydrogen) atoms. The van der Waals surface area contributed by atoms with Crippen LogP contribution in [0.3, 0.4) is 0 Å². The molecule has 0 saturated carbocycles. The van der Waals surface area contributed by atoms with Gasteiger partial charge in [-0.2, -0.15) is 0 Å². The highest BCUT2D eigenvalue weighted by Gasteiger charge is 2.36. The van der Waals surface area contributed by atoms with Crippen LogP contribution in [0.4, 0.5) is 5.69 Å². The van der Waals surface area contributed by atoms with E-state index in [1.807, 2.05) is 0 Å². The van der Waals surface area contributed by atoms with Crippen molar-refractivity contribution in [3.05, 3.63) is 29.8 Å².